The van der Waals surface area contributed by atoms with Gasteiger partial charge in [-0.05, 0) is 38.4 Å². The predicted molar refractivity (Wildman–Crippen MR) is 120 cm³/mol. The molecule has 4 unspecified atom stereocenters. The SMILES string of the molecule is CN(C)c1cc(O)c(O)c2c1CC1CC3C(N(C)C)C(=O)C(C(N)=O)=C(O)C3(O)C(=O)C1=C2O. The van der Waals surface area contributed by atoms with Crippen LogP contribution in [0.1, 0.15) is 17.5 Å². The third-order valence-corrected chi connectivity index (χ3v) is 7.16. The minimum absolute atomic E-state index is 0.000267. The summed E-state index contributed by atoms with van der Waals surface area (Å²) in [5.41, 5.74) is 2.30. The average Bonchev–Trinajstić information content (AvgIpc) is 2.72. The van der Waals surface area contributed by atoms with Gasteiger partial charge in [-0.25, -0.2) is 0 Å². The molecule has 182 valence electrons. The van der Waals surface area contributed by atoms with Gasteiger partial charge in [0.05, 0.1) is 11.6 Å². The minimum Gasteiger partial charge on any atom is -0.508 e. The van der Waals surface area contributed by atoms with E-state index in [1.165, 1.54) is 11.0 Å². The van der Waals surface area contributed by atoms with Crippen molar-refractivity contribution in [3.05, 3.63) is 34.1 Å². The third kappa shape index (κ3) is 2.86. The van der Waals surface area contributed by atoms with Gasteiger partial charge in [0.15, 0.2) is 22.9 Å². The number of phenolic OH excluding ortho intramolecular Hbond substituents is 2. The molecule has 4 rings (SSSR count). The second-order valence-corrected chi connectivity index (χ2v) is 9.47. The van der Waals surface area contributed by atoms with Crippen molar-refractivity contribution in [2.45, 2.75) is 24.5 Å². The molecule has 1 fully saturated rings. The number of carbonyl (C=O) groups is 3. The minimum atomic E-state index is -2.69. The fraction of sp³-hybridized carbons (Fsp3) is 0.435. The molecule has 11 heteroatoms. The van der Waals surface area contributed by atoms with Crippen LogP contribution in [0.25, 0.3) is 5.76 Å². The topological polar surface area (TPSA) is 185 Å². The zero-order valence-electron chi connectivity index (χ0n) is 19.2. The lowest BCUT2D eigenvalue weighted by molar-refractivity contribution is -0.153. The standard InChI is InChI=1S/C23H27N3O8/c1-25(2)11-7-12(27)17(28)14-9(11)5-8-6-10-16(26(3)4)19(30)15(22(24)33)21(32)23(10,34)20(31)13(8)18(14)29/h7-8,10,16,27-29,32,34H,5-6H2,1-4H3,(H2,24,33). The second kappa shape index (κ2) is 7.47. The van der Waals surface area contributed by atoms with Crippen LogP contribution in [0.3, 0.4) is 0 Å². The van der Waals surface area contributed by atoms with Crippen molar-refractivity contribution in [3.63, 3.8) is 0 Å². The lowest BCUT2D eigenvalue weighted by atomic mass is 9.57. The molecule has 0 radical (unpaired) electrons. The molecule has 3 aliphatic carbocycles. The zero-order valence-corrected chi connectivity index (χ0v) is 19.2. The predicted octanol–water partition coefficient (Wildman–Crippen LogP) is -0.264. The summed E-state index contributed by atoms with van der Waals surface area (Å²) in [5.74, 6) is -7.93. The Balaban J connectivity index is 2.01. The van der Waals surface area contributed by atoms with Crippen LogP contribution in [0.5, 0.6) is 11.5 Å². The molecular weight excluding hydrogens is 446 g/mol. The number of primary amides is 1. The summed E-state index contributed by atoms with van der Waals surface area (Å²) in [7, 11) is 6.50. The molecule has 34 heavy (non-hydrogen) atoms. The van der Waals surface area contributed by atoms with Gasteiger partial charge in [0.25, 0.3) is 5.91 Å². The van der Waals surface area contributed by atoms with E-state index in [1.54, 1.807) is 33.1 Å². The highest BCUT2D eigenvalue weighted by Gasteiger charge is 2.64. The largest absolute Gasteiger partial charge is 0.508 e. The zero-order chi connectivity index (χ0) is 25.4. The highest BCUT2D eigenvalue weighted by Crippen LogP contribution is 2.54. The Bertz CT molecular complexity index is 1220. The van der Waals surface area contributed by atoms with Crippen LogP contribution in [0, 0.1) is 11.8 Å². The van der Waals surface area contributed by atoms with Gasteiger partial charge in [0.1, 0.15) is 17.1 Å². The van der Waals surface area contributed by atoms with Gasteiger partial charge < -0.3 is 36.2 Å². The van der Waals surface area contributed by atoms with E-state index in [0.29, 0.717) is 11.3 Å². The van der Waals surface area contributed by atoms with E-state index in [1.807, 2.05) is 0 Å². The summed E-state index contributed by atoms with van der Waals surface area (Å²) >= 11 is 0. The van der Waals surface area contributed by atoms with E-state index in [4.69, 9.17) is 5.73 Å². The number of rotatable bonds is 3. The highest BCUT2D eigenvalue weighted by molar-refractivity contribution is 6.24. The summed E-state index contributed by atoms with van der Waals surface area (Å²) in [5, 5.41) is 54.2. The van der Waals surface area contributed by atoms with E-state index >= 15 is 0 Å². The van der Waals surface area contributed by atoms with E-state index in [0.717, 1.165) is 0 Å². The van der Waals surface area contributed by atoms with Crippen molar-refractivity contribution in [1.29, 1.82) is 0 Å². The van der Waals surface area contributed by atoms with Crippen LogP contribution in [0.4, 0.5) is 5.69 Å². The molecule has 1 aromatic carbocycles. The Morgan fingerprint density at radius 1 is 1.12 bits per heavy atom. The first-order valence-corrected chi connectivity index (χ1v) is 10.6. The fourth-order valence-electron chi connectivity index (χ4n) is 5.68. The quantitative estimate of drug-likeness (QED) is 0.252. The van der Waals surface area contributed by atoms with Crippen molar-refractivity contribution >= 4 is 28.9 Å². The highest BCUT2D eigenvalue weighted by atomic mass is 16.3. The number of nitrogens with zero attached hydrogens (tertiary/aromatic N) is 2. The summed E-state index contributed by atoms with van der Waals surface area (Å²) in [6, 6.07) is 0.201. The molecule has 0 bridgehead atoms. The van der Waals surface area contributed by atoms with Gasteiger partial charge in [0, 0.05) is 37.3 Å². The number of phenols is 2. The Morgan fingerprint density at radius 2 is 1.74 bits per heavy atom. The first-order chi connectivity index (χ1) is 15.7. The van der Waals surface area contributed by atoms with Gasteiger partial charge in [-0.3, -0.25) is 19.3 Å². The number of likely N-dealkylation sites (N-methyl/N-ethyl adjacent to an activating group) is 1. The number of Topliss-reactive ketones (excluding diaryl/α,β-unsaturated/α-hetero) is 2. The van der Waals surface area contributed by atoms with Crippen LogP contribution in [0.15, 0.2) is 23.0 Å². The molecule has 7 N–H and O–H groups in total. The molecule has 0 aromatic heterocycles. The van der Waals surface area contributed by atoms with Crippen molar-refractivity contribution < 1.29 is 39.9 Å². The fourth-order valence-corrected chi connectivity index (χ4v) is 5.68. The molecule has 1 amide bonds. The maximum Gasteiger partial charge on any atom is 0.255 e. The summed E-state index contributed by atoms with van der Waals surface area (Å²) in [4.78, 5) is 41.9. The van der Waals surface area contributed by atoms with Crippen molar-refractivity contribution in [3.8, 4) is 11.5 Å². The van der Waals surface area contributed by atoms with Crippen LogP contribution in [0.2, 0.25) is 0 Å². The molecule has 1 saturated carbocycles. The lowest BCUT2D eigenvalue weighted by Crippen LogP contribution is -2.65. The van der Waals surface area contributed by atoms with Crippen molar-refractivity contribution in [2.24, 2.45) is 17.6 Å². The maximum atomic E-state index is 13.7. The summed E-state index contributed by atoms with van der Waals surface area (Å²) in [6.07, 6.45) is 0.149. The summed E-state index contributed by atoms with van der Waals surface area (Å²) in [6.45, 7) is 0. The van der Waals surface area contributed by atoms with Crippen LogP contribution >= 0.6 is 0 Å². The third-order valence-electron chi connectivity index (χ3n) is 7.16. The second-order valence-electron chi connectivity index (χ2n) is 9.47. The van der Waals surface area contributed by atoms with Gasteiger partial charge in [-0.15, -0.1) is 0 Å². The maximum absolute atomic E-state index is 13.7. The Labute approximate surface area is 195 Å². The van der Waals surface area contributed by atoms with Crippen molar-refractivity contribution in [1.82, 2.24) is 4.90 Å². The molecule has 4 atom stereocenters. The number of carbonyl (C=O) groups excluding carboxylic acids is 3. The average molecular weight is 473 g/mol. The number of hydrogen-bond donors (Lipinski definition) is 6. The number of amides is 1. The van der Waals surface area contributed by atoms with E-state index < -0.39 is 69.5 Å². The molecule has 3 aliphatic rings. The first-order valence-electron chi connectivity index (χ1n) is 10.6. The molecule has 0 saturated heterocycles. The number of fused-ring (bicyclic) bond motifs is 3. The van der Waals surface area contributed by atoms with Gasteiger partial charge in [-0.2, -0.15) is 0 Å². The normalized spacial score (nSPS) is 28.6. The Hall–Kier alpha value is -3.57. The number of aliphatic hydroxyl groups excluding tert-OH is 2. The van der Waals surface area contributed by atoms with Gasteiger partial charge in [0.2, 0.25) is 5.78 Å². The number of nitrogens with two attached hydrogens (primary N) is 1. The number of aromatic hydroxyl groups is 2. The van der Waals surface area contributed by atoms with Crippen molar-refractivity contribution in [2.75, 3.05) is 33.1 Å². The molecule has 11 nitrogen and oxygen atoms in total. The monoisotopic (exact) mass is 473 g/mol. The number of ketones is 2. The van der Waals surface area contributed by atoms with Gasteiger partial charge >= 0.3 is 0 Å². The molecule has 0 heterocycles. The Morgan fingerprint density at radius 3 is 2.26 bits per heavy atom. The number of hydrogen-bond acceptors (Lipinski definition) is 10. The molecule has 0 spiro atoms. The van der Waals surface area contributed by atoms with E-state index in [2.05, 4.69) is 0 Å². The number of anilines is 1. The molecule has 1 aromatic rings. The molecular formula is C23H27N3O8. The number of benzene rings is 1. The van der Waals surface area contributed by atoms with Gasteiger partial charge in [-0.1, -0.05) is 0 Å². The Kier molecular flexibility index (Phi) is 5.18. The van der Waals surface area contributed by atoms with Crippen LogP contribution < -0.4 is 10.6 Å². The van der Waals surface area contributed by atoms with Crippen LogP contribution in [-0.2, 0) is 20.8 Å². The van der Waals surface area contributed by atoms with E-state index in [9.17, 15) is 39.9 Å². The number of aliphatic hydroxyl groups is 3. The van der Waals surface area contributed by atoms with E-state index in [-0.39, 0.29) is 24.0 Å². The smallest absolute Gasteiger partial charge is 0.255 e. The first kappa shape index (κ1) is 23.6. The van der Waals surface area contributed by atoms with Crippen LogP contribution in [-0.4, -0.2) is 87.7 Å². The summed E-state index contributed by atoms with van der Waals surface area (Å²) < 4.78 is 0. The molecule has 0 aliphatic heterocycles. The lowest BCUT2D eigenvalue weighted by Gasteiger charge is -2.50.